The fourth-order valence-electron chi connectivity index (χ4n) is 1.03. The Bertz CT molecular complexity index is 559. The summed E-state index contributed by atoms with van der Waals surface area (Å²) in [6.45, 7) is 0.0111. The summed E-state index contributed by atoms with van der Waals surface area (Å²) < 4.78 is 28.9. The van der Waals surface area contributed by atoms with E-state index in [1.165, 1.54) is 11.3 Å². The minimum atomic E-state index is -3.24. The van der Waals surface area contributed by atoms with Gasteiger partial charge in [-0.3, -0.25) is 0 Å². The summed E-state index contributed by atoms with van der Waals surface area (Å²) in [5, 5.41) is 5.65. The highest BCUT2D eigenvalue weighted by molar-refractivity contribution is 7.88. The number of thiophene rings is 1. The first-order valence-corrected chi connectivity index (χ1v) is 7.13. The van der Waals surface area contributed by atoms with Gasteiger partial charge in [-0.15, -0.1) is 11.3 Å². The highest BCUT2D eigenvalue weighted by atomic mass is 32.2. The Morgan fingerprint density at radius 2 is 2.38 bits per heavy atom. The van der Waals surface area contributed by atoms with Gasteiger partial charge >= 0.3 is 0 Å². The molecule has 0 aliphatic rings. The van der Waals surface area contributed by atoms with E-state index >= 15 is 0 Å². The first-order valence-electron chi connectivity index (χ1n) is 4.36. The van der Waals surface area contributed by atoms with Crippen LogP contribution in [0.2, 0.25) is 0 Å². The van der Waals surface area contributed by atoms with Crippen LogP contribution >= 0.6 is 11.3 Å². The van der Waals surface area contributed by atoms with Gasteiger partial charge in [-0.1, -0.05) is 11.2 Å². The van der Waals surface area contributed by atoms with Crippen LogP contribution in [0.5, 0.6) is 0 Å². The molecule has 0 aliphatic heterocycles. The third-order valence-electron chi connectivity index (χ3n) is 1.70. The van der Waals surface area contributed by atoms with E-state index in [4.69, 9.17) is 4.52 Å². The Labute approximate surface area is 96.4 Å². The summed E-state index contributed by atoms with van der Waals surface area (Å²) in [7, 11) is -3.24. The van der Waals surface area contributed by atoms with E-state index in [9.17, 15) is 8.42 Å². The van der Waals surface area contributed by atoms with Crippen molar-refractivity contribution in [1.82, 2.24) is 14.9 Å². The number of hydrogen-bond acceptors (Lipinski definition) is 6. The SMILES string of the molecule is CS(=O)(=O)NCc1nc(-c2cccs2)no1. The summed E-state index contributed by atoms with van der Waals surface area (Å²) in [6, 6.07) is 3.74. The van der Waals surface area contributed by atoms with Gasteiger partial charge in [0.1, 0.15) is 0 Å². The molecule has 0 spiro atoms. The fourth-order valence-corrected chi connectivity index (χ4v) is 2.06. The molecule has 1 N–H and O–H groups in total. The van der Waals surface area contributed by atoms with E-state index in [1.54, 1.807) is 0 Å². The molecule has 16 heavy (non-hydrogen) atoms. The molecule has 0 amide bonds. The number of aromatic nitrogens is 2. The number of nitrogens with one attached hydrogen (secondary N) is 1. The van der Waals surface area contributed by atoms with E-state index in [0.717, 1.165) is 11.1 Å². The van der Waals surface area contributed by atoms with Crippen LogP contribution < -0.4 is 4.72 Å². The molecule has 0 saturated carbocycles. The molecule has 8 heteroatoms. The fraction of sp³-hybridized carbons (Fsp3) is 0.250. The molecule has 0 aromatic carbocycles. The lowest BCUT2D eigenvalue weighted by atomic mass is 10.4. The third-order valence-corrected chi connectivity index (χ3v) is 3.23. The maximum atomic E-state index is 10.8. The van der Waals surface area contributed by atoms with E-state index in [-0.39, 0.29) is 12.4 Å². The van der Waals surface area contributed by atoms with Gasteiger partial charge in [-0.05, 0) is 11.4 Å². The summed E-state index contributed by atoms with van der Waals surface area (Å²) in [5.41, 5.74) is 0. The molecule has 6 nitrogen and oxygen atoms in total. The molecule has 0 atom stereocenters. The van der Waals surface area contributed by atoms with Crippen molar-refractivity contribution >= 4 is 21.4 Å². The van der Waals surface area contributed by atoms with Crippen molar-refractivity contribution in [2.45, 2.75) is 6.54 Å². The number of rotatable bonds is 4. The predicted octanol–water partition coefficient (Wildman–Crippen LogP) is 0.847. The minimum absolute atomic E-state index is 0.0111. The second-order valence-electron chi connectivity index (χ2n) is 3.08. The average molecular weight is 259 g/mol. The second-order valence-corrected chi connectivity index (χ2v) is 5.86. The zero-order chi connectivity index (χ0) is 11.6. The molecule has 0 radical (unpaired) electrons. The molecule has 0 saturated heterocycles. The van der Waals surface area contributed by atoms with Crippen LogP contribution in [0, 0.1) is 0 Å². The van der Waals surface area contributed by atoms with Crippen LogP contribution in [0.4, 0.5) is 0 Å². The lowest BCUT2D eigenvalue weighted by Gasteiger charge is -1.95. The van der Waals surface area contributed by atoms with Gasteiger partial charge in [0.2, 0.25) is 21.7 Å². The quantitative estimate of drug-likeness (QED) is 0.879. The summed E-state index contributed by atoms with van der Waals surface area (Å²) in [5.74, 6) is 0.717. The van der Waals surface area contributed by atoms with Gasteiger partial charge in [0.25, 0.3) is 0 Å². The van der Waals surface area contributed by atoms with Gasteiger partial charge in [0, 0.05) is 0 Å². The lowest BCUT2D eigenvalue weighted by molar-refractivity contribution is 0.376. The van der Waals surface area contributed by atoms with Crippen molar-refractivity contribution < 1.29 is 12.9 Å². The Hall–Kier alpha value is -1.25. The van der Waals surface area contributed by atoms with E-state index in [2.05, 4.69) is 14.9 Å². The van der Waals surface area contributed by atoms with Crippen LogP contribution in [0.1, 0.15) is 5.89 Å². The van der Waals surface area contributed by atoms with Gasteiger partial charge in [-0.25, -0.2) is 13.1 Å². The molecular formula is C8H9N3O3S2. The summed E-state index contributed by atoms with van der Waals surface area (Å²) in [6.07, 6.45) is 1.07. The zero-order valence-electron chi connectivity index (χ0n) is 8.37. The van der Waals surface area contributed by atoms with Crippen molar-refractivity contribution in [2.24, 2.45) is 0 Å². The van der Waals surface area contributed by atoms with Crippen molar-refractivity contribution in [3.8, 4) is 10.7 Å². The van der Waals surface area contributed by atoms with Crippen LogP contribution in [-0.4, -0.2) is 24.8 Å². The summed E-state index contributed by atoms with van der Waals surface area (Å²) >= 11 is 1.49. The first kappa shape index (κ1) is 11.2. The first-order chi connectivity index (χ1) is 7.54. The Kier molecular flexibility index (Phi) is 3.03. The normalized spacial score (nSPS) is 11.8. The summed E-state index contributed by atoms with van der Waals surface area (Å²) in [4.78, 5) is 4.95. The van der Waals surface area contributed by atoms with E-state index in [1.807, 2.05) is 17.5 Å². The van der Waals surface area contributed by atoms with Crippen LogP contribution in [0.15, 0.2) is 22.0 Å². The van der Waals surface area contributed by atoms with Crippen LogP contribution in [0.25, 0.3) is 10.7 Å². The van der Waals surface area contributed by atoms with Gasteiger partial charge in [0.15, 0.2) is 0 Å². The molecule has 2 rings (SSSR count). The topological polar surface area (TPSA) is 85.1 Å². The maximum absolute atomic E-state index is 10.8. The van der Waals surface area contributed by atoms with Crippen molar-refractivity contribution in [3.05, 3.63) is 23.4 Å². The molecule has 86 valence electrons. The number of nitrogens with zero attached hydrogens (tertiary/aromatic N) is 2. The Balaban J connectivity index is 2.09. The largest absolute Gasteiger partial charge is 0.337 e. The average Bonchev–Trinajstić information content (AvgIpc) is 2.84. The molecule has 0 aliphatic carbocycles. The van der Waals surface area contributed by atoms with Gasteiger partial charge in [0.05, 0.1) is 17.7 Å². The highest BCUT2D eigenvalue weighted by Gasteiger charge is 2.10. The third kappa shape index (κ3) is 2.87. The predicted molar refractivity (Wildman–Crippen MR) is 59.3 cm³/mol. The smallest absolute Gasteiger partial charge is 0.242 e. The van der Waals surface area contributed by atoms with E-state index in [0.29, 0.717) is 5.82 Å². The van der Waals surface area contributed by atoms with E-state index < -0.39 is 10.0 Å². The monoisotopic (exact) mass is 259 g/mol. The van der Waals surface area contributed by atoms with Crippen molar-refractivity contribution in [3.63, 3.8) is 0 Å². The lowest BCUT2D eigenvalue weighted by Crippen LogP contribution is -2.21. The number of sulfonamides is 1. The van der Waals surface area contributed by atoms with Crippen molar-refractivity contribution in [2.75, 3.05) is 6.26 Å². The van der Waals surface area contributed by atoms with Crippen molar-refractivity contribution in [1.29, 1.82) is 0 Å². The zero-order valence-corrected chi connectivity index (χ0v) is 10.0. The highest BCUT2D eigenvalue weighted by Crippen LogP contribution is 2.21. The Morgan fingerprint density at radius 3 is 3.00 bits per heavy atom. The molecule has 0 bridgehead atoms. The standard InChI is InChI=1S/C8H9N3O3S2/c1-16(12,13)9-5-7-10-8(11-14-7)6-3-2-4-15-6/h2-4,9H,5H2,1H3. The molecular weight excluding hydrogens is 250 g/mol. The van der Waals surface area contributed by atoms with Gasteiger partial charge in [-0.2, -0.15) is 4.98 Å². The molecule has 2 heterocycles. The molecule has 2 aromatic rings. The van der Waals surface area contributed by atoms with Gasteiger partial charge < -0.3 is 4.52 Å². The molecule has 2 aromatic heterocycles. The minimum Gasteiger partial charge on any atom is -0.337 e. The molecule has 0 fully saturated rings. The van der Waals surface area contributed by atoms with Crippen LogP contribution in [-0.2, 0) is 16.6 Å². The maximum Gasteiger partial charge on any atom is 0.242 e. The number of hydrogen-bond donors (Lipinski definition) is 1. The Morgan fingerprint density at radius 1 is 1.56 bits per heavy atom. The second kappa shape index (κ2) is 4.32. The molecule has 0 unspecified atom stereocenters. The van der Waals surface area contributed by atoms with Crippen LogP contribution in [0.3, 0.4) is 0 Å².